The molecule has 0 aromatic heterocycles. The van der Waals surface area contributed by atoms with Crippen LogP contribution < -0.4 is 15.4 Å². The molecule has 190 valence electrons. The average molecular weight is 490 g/mol. The number of piperidine rings is 1. The van der Waals surface area contributed by atoms with E-state index >= 15 is 0 Å². The summed E-state index contributed by atoms with van der Waals surface area (Å²) in [5.74, 6) is -1.45. The lowest BCUT2D eigenvalue weighted by molar-refractivity contribution is -0.137. The van der Waals surface area contributed by atoms with Gasteiger partial charge in [-0.2, -0.15) is 0 Å². The summed E-state index contributed by atoms with van der Waals surface area (Å²) in [5.41, 5.74) is 1.52. The third kappa shape index (κ3) is 5.34. The van der Waals surface area contributed by atoms with Crippen LogP contribution in [0.5, 0.6) is 5.75 Å². The first-order valence-corrected chi connectivity index (χ1v) is 12.8. The summed E-state index contributed by atoms with van der Waals surface area (Å²) in [5, 5.41) is 5.42. The first-order valence-electron chi connectivity index (χ1n) is 12.8. The Kier molecular flexibility index (Phi) is 6.79. The van der Waals surface area contributed by atoms with Gasteiger partial charge in [0.05, 0.1) is 6.10 Å². The minimum atomic E-state index is -2.32. The number of amides is 3. The molecule has 2 saturated heterocycles. The van der Waals surface area contributed by atoms with Gasteiger partial charge in [-0.3, -0.25) is 19.7 Å². The number of nitrogens with zero attached hydrogens (tertiary/aromatic N) is 1. The van der Waals surface area contributed by atoms with Crippen molar-refractivity contribution in [2.75, 3.05) is 13.1 Å². The van der Waals surface area contributed by atoms with E-state index < -0.39 is 12.0 Å². The summed E-state index contributed by atoms with van der Waals surface area (Å²) in [6.45, 7) is 2.31. The number of hydrogen-bond donors (Lipinski definition) is 2. The third-order valence-corrected chi connectivity index (χ3v) is 7.95. The van der Waals surface area contributed by atoms with Gasteiger partial charge in [-0.05, 0) is 80.8 Å². The summed E-state index contributed by atoms with van der Waals surface area (Å²) in [7, 11) is 0. The second-order valence-electron chi connectivity index (χ2n) is 10.5. The highest BCUT2D eigenvalue weighted by atomic mass is 19.3. The lowest BCUT2D eigenvalue weighted by Gasteiger charge is -2.44. The quantitative estimate of drug-likeness (QED) is 0.633. The third-order valence-electron chi connectivity index (χ3n) is 7.95. The molecule has 3 heterocycles. The fourth-order valence-corrected chi connectivity index (χ4v) is 5.68. The number of rotatable bonds is 4. The number of ether oxygens (including phenoxy) is 1. The van der Waals surface area contributed by atoms with Crippen LogP contribution in [0.25, 0.3) is 0 Å². The number of nitrogens with one attached hydrogen (secondary N) is 2. The molecule has 0 bridgehead atoms. The summed E-state index contributed by atoms with van der Waals surface area (Å²) in [6, 6.07) is 5.00. The maximum atomic E-state index is 12.6. The number of fused-ring (bicyclic) bond motifs is 1. The molecule has 2 saturated carbocycles. The van der Waals surface area contributed by atoms with E-state index in [1.54, 1.807) is 11.0 Å². The second kappa shape index (κ2) is 9.84. The van der Waals surface area contributed by atoms with Crippen molar-refractivity contribution in [3.63, 3.8) is 0 Å². The summed E-state index contributed by atoms with van der Waals surface area (Å²) >= 11 is 0. The van der Waals surface area contributed by atoms with E-state index in [1.807, 2.05) is 12.1 Å². The molecule has 4 fully saturated rings. The average Bonchev–Trinajstić information content (AvgIpc) is 3.08. The van der Waals surface area contributed by atoms with Crippen molar-refractivity contribution >= 4 is 17.7 Å². The van der Waals surface area contributed by atoms with E-state index in [0.29, 0.717) is 30.4 Å². The zero-order valence-electron chi connectivity index (χ0n) is 19.9. The van der Waals surface area contributed by atoms with E-state index in [1.165, 1.54) is 19.3 Å². The molecule has 5 aliphatic rings. The first kappa shape index (κ1) is 24.2. The zero-order chi connectivity index (χ0) is 24.6. The van der Waals surface area contributed by atoms with Crippen molar-refractivity contribution in [1.82, 2.24) is 15.5 Å². The molecule has 3 amide bonds. The van der Waals surface area contributed by atoms with Crippen molar-refractivity contribution in [2.45, 2.75) is 82.4 Å². The molecular formula is C26H33F2N3O4. The highest BCUT2D eigenvalue weighted by Gasteiger charge is 2.49. The molecule has 35 heavy (non-hydrogen) atoms. The standard InChI is InChI=1S/C19H22N2O4.C7H11F2N/c22-17-9-8-16(18(23)20-17)21-11-12-10-14(6-7-15(12)19(21)24)25-13-4-2-1-3-5-13;8-7(9)1-5(2-7)6-3-10-4-6/h6-7,10,13,16H,1-5,8-9,11H2,(H,20,22,23);5-6,10H,1-4H2. The van der Waals surface area contributed by atoms with Gasteiger partial charge in [0, 0.05) is 31.4 Å². The molecule has 2 N–H and O–H groups in total. The van der Waals surface area contributed by atoms with Crippen molar-refractivity contribution < 1.29 is 27.9 Å². The Morgan fingerprint density at radius 3 is 2.34 bits per heavy atom. The predicted octanol–water partition coefficient (Wildman–Crippen LogP) is 3.41. The molecule has 7 nitrogen and oxygen atoms in total. The van der Waals surface area contributed by atoms with Gasteiger partial charge < -0.3 is 15.0 Å². The van der Waals surface area contributed by atoms with Gasteiger partial charge in [0.25, 0.3) is 5.91 Å². The number of carbonyl (C=O) groups excluding carboxylic acids is 3. The highest BCUT2D eigenvalue weighted by molar-refractivity contribution is 6.05. The Labute approximate surface area is 203 Å². The Hall–Kier alpha value is -2.55. The molecule has 1 aromatic rings. The number of imide groups is 1. The molecular weight excluding hydrogens is 456 g/mol. The van der Waals surface area contributed by atoms with Crippen LogP contribution in [0.1, 0.15) is 73.7 Å². The van der Waals surface area contributed by atoms with E-state index in [-0.39, 0.29) is 43.1 Å². The Morgan fingerprint density at radius 2 is 1.71 bits per heavy atom. The molecule has 1 aromatic carbocycles. The molecule has 9 heteroatoms. The van der Waals surface area contributed by atoms with Crippen molar-refractivity contribution in [1.29, 1.82) is 0 Å². The Bertz CT molecular complexity index is 983. The van der Waals surface area contributed by atoms with Gasteiger partial charge in [0.1, 0.15) is 11.8 Å². The lowest BCUT2D eigenvalue weighted by atomic mass is 9.71. The summed E-state index contributed by atoms with van der Waals surface area (Å²) < 4.78 is 30.7. The van der Waals surface area contributed by atoms with Crippen LogP contribution >= 0.6 is 0 Å². The van der Waals surface area contributed by atoms with Crippen molar-refractivity contribution in [3.05, 3.63) is 29.3 Å². The van der Waals surface area contributed by atoms with Crippen LogP contribution in [0.2, 0.25) is 0 Å². The van der Waals surface area contributed by atoms with Crippen LogP contribution in [-0.2, 0) is 16.1 Å². The van der Waals surface area contributed by atoms with Crippen LogP contribution in [0.3, 0.4) is 0 Å². The van der Waals surface area contributed by atoms with Crippen molar-refractivity contribution in [3.8, 4) is 5.75 Å². The zero-order valence-corrected chi connectivity index (χ0v) is 19.9. The minimum absolute atomic E-state index is 0.138. The van der Waals surface area contributed by atoms with Crippen LogP contribution in [0.4, 0.5) is 8.78 Å². The van der Waals surface area contributed by atoms with Crippen molar-refractivity contribution in [2.24, 2.45) is 11.8 Å². The monoisotopic (exact) mass is 489 g/mol. The topological polar surface area (TPSA) is 87.7 Å². The smallest absolute Gasteiger partial charge is 0.255 e. The molecule has 0 spiro atoms. The minimum Gasteiger partial charge on any atom is -0.490 e. The van der Waals surface area contributed by atoms with Gasteiger partial charge >= 0.3 is 0 Å². The second-order valence-corrected chi connectivity index (χ2v) is 10.5. The lowest BCUT2D eigenvalue weighted by Crippen LogP contribution is -2.52. The Balaban J connectivity index is 0.000000211. The highest BCUT2D eigenvalue weighted by Crippen LogP contribution is 2.46. The number of halogens is 2. The summed E-state index contributed by atoms with van der Waals surface area (Å²) in [6.07, 6.45) is 7.04. The maximum Gasteiger partial charge on any atom is 0.255 e. The number of carbonyl (C=O) groups is 3. The number of alkyl halides is 2. The molecule has 0 radical (unpaired) electrons. The summed E-state index contributed by atoms with van der Waals surface area (Å²) in [4.78, 5) is 37.6. The van der Waals surface area contributed by atoms with Gasteiger partial charge in [-0.1, -0.05) is 6.42 Å². The van der Waals surface area contributed by atoms with Gasteiger partial charge in [-0.25, -0.2) is 8.78 Å². The van der Waals surface area contributed by atoms with Crippen LogP contribution in [0, 0.1) is 11.8 Å². The molecule has 3 aliphatic heterocycles. The first-order chi connectivity index (χ1) is 16.8. The predicted molar refractivity (Wildman–Crippen MR) is 124 cm³/mol. The molecule has 1 unspecified atom stereocenters. The largest absolute Gasteiger partial charge is 0.490 e. The maximum absolute atomic E-state index is 12.6. The fourth-order valence-electron chi connectivity index (χ4n) is 5.68. The van der Waals surface area contributed by atoms with E-state index in [9.17, 15) is 23.2 Å². The van der Waals surface area contributed by atoms with E-state index in [0.717, 1.165) is 37.2 Å². The number of benzene rings is 1. The van der Waals surface area contributed by atoms with E-state index in [2.05, 4.69) is 10.6 Å². The van der Waals surface area contributed by atoms with Crippen LogP contribution in [0.15, 0.2) is 18.2 Å². The molecule has 2 aliphatic carbocycles. The fraction of sp³-hybridized carbons (Fsp3) is 0.654. The molecule has 6 rings (SSSR count). The number of hydrogen-bond acceptors (Lipinski definition) is 5. The van der Waals surface area contributed by atoms with Gasteiger partial charge in [0.15, 0.2) is 0 Å². The van der Waals surface area contributed by atoms with E-state index in [4.69, 9.17) is 4.74 Å². The Morgan fingerprint density at radius 1 is 0.971 bits per heavy atom. The van der Waals surface area contributed by atoms with Gasteiger partial charge in [0.2, 0.25) is 17.7 Å². The molecule has 1 atom stereocenters. The van der Waals surface area contributed by atoms with Crippen LogP contribution in [-0.4, -0.2) is 53.8 Å². The SMILES string of the molecule is FC1(F)CC(C2CNC2)C1.O=C1CCC(N2Cc3cc(OC4CCCCC4)ccc3C2=O)C(=O)N1. The normalized spacial score (nSPS) is 26.7. The van der Waals surface area contributed by atoms with Gasteiger partial charge in [-0.15, -0.1) is 0 Å².